The van der Waals surface area contributed by atoms with Crippen LogP contribution < -0.4 is 0 Å². The van der Waals surface area contributed by atoms with Crippen molar-refractivity contribution in [2.24, 2.45) is 5.92 Å². The van der Waals surface area contributed by atoms with Gasteiger partial charge in [0.25, 0.3) is 0 Å². The van der Waals surface area contributed by atoms with Crippen LogP contribution in [0.25, 0.3) is 0 Å². The molecular weight excluding hydrogens is 196 g/mol. The molecule has 1 saturated carbocycles. The third-order valence-electron chi connectivity index (χ3n) is 3.80. The number of aryl methyl sites for hydroxylation is 1. The Morgan fingerprint density at radius 2 is 1.81 bits per heavy atom. The lowest BCUT2D eigenvalue weighted by atomic mass is 9.95. The number of aliphatic hydroxyl groups excluding tert-OH is 1. The van der Waals surface area contributed by atoms with Crippen molar-refractivity contribution in [2.45, 2.75) is 51.6 Å². The van der Waals surface area contributed by atoms with Gasteiger partial charge in [0.15, 0.2) is 0 Å². The highest BCUT2D eigenvalue weighted by atomic mass is 16.3. The average molecular weight is 218 g/mol. The second-order valence-corrected chi connectivity index (χ2v) is 5.00. The fraction of sp³-hybridized carbons (Fsp3) is 0.600. The lowest BCUT2D eigenvalue weighted by Gasteiger charge is -2.15. The van der Waals surface area contributed by atoms with Gasteiger partial charge in [-0.3, -0.25) is 0 Å². The Balaban J connectivity index is 1.94. The van der Waals surface area contributed by atoms with Crippen molar-refractivity contribution in [2.75, 3.05) is 0 Å². The molecule has 1 aromatic carbocycles. The van der Waals surface area contributed by atoms with E-state index in [4.69, 9.17) is 0 Å². The normalized spacial score (nSPS) is 18.9. The topological polar surface area (TPSA) is 20.2 Å². The van der Waals surface area contributed by atoms with E-state index >= 15 is 0 Å². The van der Waals surface area contributed by atoms with Crippen LogP contribution in [0.1, 0.15) is 56.3 Å². The van der Waals surface area contributed by atoms with Crippen molar-refractivity contribution in [3.05, 3.63) is 35.4 Å². The van der Waals surface area contributed by atoms with E-state index in [1.165, 1.54) is 31.2 Å². The molecule has 0 aliphatic heterocycles. The Bertz CT molecular complexity index is 309. The number of rotatable bonds is 4. The van der Waals surface area contributed by atoms with Crippen LogP contribution in [0, 0.1) is 5.92 Å². The predicted molar refractivity (Wildman–Crippen MR) is 67.4 cm³/mol. The van der Waals surface area contributed by atoms with Crippen molar-refractivity contribution in [3.8, 4) is 0 Å². The molecule has 1 unspecified atom stereocenters. The molecule has 1 heteroatoms. The molecule has 1 nitrogen and oxygen atoms in total. The minimum atomic E-state index is -0.256. The molecular formula is C15H22O. The maximum absolute atomic E-state index is 10.1. The number of benzene rings is 1. The summed E-state index contributed by atoms with van der Waals surface area (Å²) in [6, 6.07) is 8.43. The molecule has 0 radical (unpaired) electrons. The average Bonchev–Trinajstić information content (AvgIpc) is 2.82. The van der Waals surface area contributed by atoms with E-state index in [1.54, 1.807) is 0 Å². The van der Waals surface area contributed by atoms with E-state index < -0.39 is 0 Å². The highest BCUT2D eigenvalue weighted by Crippen LogP contribution is 2.32. The van der Waals surface area contributed by atoms with Crippen LogP contribution in [-0.2, 0) is 6.42 Å². The first kappa shape index (κ1) is 11.7. The van der Waals surface area contributed by atoms with Crippen LogP contribution in [0.4, 0.5) is 0 Å². The molecule has 2 rings (SSSR count). The molecule has 1 aliphatic carbocycles. The fourth-order valence-corrected chi connectivity index (χ4v) is 2.67. The van der Waals surface area contributed by atoms with E-state index in [2.05, 4.69) is 31.2 Å². The van der Waals surface area contributed by atoms with Crippen LogP contribution in [0.15, 0.2) is 24.3 Å². The third kappa shape index (κ3) is 2.85. The molecule has 1 N–H and O–H groups in total. The highest BCUT2D eigenvalue weighted by molar-refractivity contribution is 5.24. The van der Waals surface area contributed by atoms with Crippen LogP contribution in [0.2, 0.25) is 0 Å². The summed E-state index contributed by atoms with van der Waals surface area (Å²) >= 11 is 0. The molecule has 1 atom stereocenters. The van der Waals surface area contributed by atoms with Crippen molar-refractivity contribution >= 4 is 0 Å². The minimum Gasteiger partial charge on any atom is -0.388 e. The Kier molecular flexibility index (Phi) is 4.00. The van der Waals surface area contributed by atoms with Crippen molar-refractivity contribution < 1.29 is 5.11 Å². The van der Waals surface area contributed by atoms with E-state index in [9.17, 15) is 5.11 Å². The quantitative estimate of drug-likeness (QED) is 0.813. The second-order valence-electron chi connectivity index (χ2n) is 5.00. The van der Waals surface area contributed by atoms with Crippen LogP contribution in [0.5, 0.6) is 0 Å². The van der Waals surface area contributed by atoms with E-state index in [0.29, 0.717) is 0 Å². The first-order chi connectivity index (χ1) is 7.79. The van der Waals surface area contributed by atoms with E-state index in [1.807, 2.05) is 0 Å². The maximum Gasteiger partial charge on any atom is 0.0792 e. The molecule has 1 fully saturated rings. The standard InChI is InChI=1S/C15H22O/c1-2-12-7-9-14(10-8-12)15(16)11-13-5-3-4-6-13/h7-10,13,15-16H,2-6,11H2,1H3. The summed E-state index contributed by atoms with van der Waals surface area (Å²) in [5.74, 6) is 0.751. The molecule has 0 bridgehead atoms. The molecule has 0 heterocycles. The number of hydrogen-bond acceptors (Lipinski definition) is 1. The van der Waals surface area contributed by atoms with Crippen LogP contribution in [-0.4, -0.2) is 5.11 Å². The molecule has 88 valence electrons. The lowest BCUT2D eigenvalue weighted by Crippen LogP contribution is -2.04. The van der Waals surface area contributed by atoms with Gasteiger partial charge in [-0.05, 0) is 29.9 Å². The van der Waals surface area contributed by atoms with Gasteiger partial charge in [-0.15, -0.1) is 0 Å². The van der Waals surface area contributed by atoms with Gasteiger partial charge in [0.2, 0.25) is 0 Å². The van der Waals surface area contributed by atoms with Gasteiger partial charge in [-0.2, -0.15) is 0 Å². The zero-order chi connectivity index (χ0) is 11.4. The van der Waals surface area contributed by atoms with Crippen molar-refractivity contribution in [1.82, 2.24) is 0 Å². The Labute approximate surface area is 98.5 Å². The van der Waals surface area contributed by atoms with Gasteiger partial charge >= 0.3 is 0 Å². The Hall–Kier alpha value is -0.820. The van der Waals surface area contributed by atoms with Crippen molar-refractivity contribution in [3.63, 3.8) is 0 Å². The lowest BCUT2D eigenvalue weighted by molar-refractivity contribution is 0.145. The zero-order valence-corrected chi connectivity index (χ0v) is 10.2. The SMILES string of the molecule is CCc1ccc(C(O)CC2CCCC2)cc1. The van der Waals surface area contributed by atoms with E-state index in [-0.39, 0.29) is 6.10 Å². The molecule has 1 aliphatic rings. The highest BCUT2D eigenvalue weighted by Gasteiger charge is 2.19. The summed E-state index contributed by atoms with van der Waals surface area (Å²) in [4.78, 5) is 0. The number of hydrogen-bond donors (Lipinski definition) is 1. The van der Waals surface area contributed by atoms with Gasteiger partial charge in [0.05, 0.1) is 6.10 Å². The largest absolute Gasteiger partial charge is 0.388 e. The smallest absolute Gasteiger partial charge is 0.0792 e. The van der Waals surface area contributed by atoms with Crippen molar-refractivity contribution in [1.29, 1.82) is 0 Å². The van der Waals surface area contributed by atoms with E-state index in [0.717, 1.165) is 24.3 Å². The zero-order valence-electron chi connectivity index (χ0n) is 10.2. The predicted octanol–water partition coefficient (Wildman–Crippen LogP) is 3.86. The first-order valence-corrected chi connectivity index (χ1v) is 6.56. The summed E-state index contributed by atoms with van der Waals surface area (Å²) < 4.78 is 0. The molecule has 0 amide bonds. The minimum absolute atomic E-state index is 0.256. The first-order valence-electron chi connectivity index (χ1n) is 6.56. The summed E-state index contributed by atoms with van der Waals surface area (Å²) in [5, 5.41) is 10.1. The van der Waals surface area contributed by atoms with Gasteiger partial charge in [-0.25, -0.2) is 0 Å². The summed E-state index contributed by atoms with van der Waals surface area (Å²) in [7, 11) is 0. The molecule has 0 saturated heterocycles. The van der Waals surface area contributed by atoms with Gasteiger partial charge in [-0.1, -0.05) is 56.9 Å². The van der Waals surface area contributed by atoms with Gasteiger partial charge in [0, 0.05) is 0 Å². The maximum atomic E-state index is 10.1. The molecule has 0 spiro atoms. The second kappa shape index (κ2) is 5.49. The number of aliphatic hydroxyl groups is 1. The molecule has 16 heavy (non-hydrogen) atoms. The Morgan fingerprint density at radius 3 is 2.38 bits per heavy atom. The molecule has 1 aromatic rings. The summed E-state index contributed by atoms with van der Waals surface area (Å²) in [5.41, 5.74) is 2.43. The van der Waals surface area contributed by atoms with Gasteiger partial charge < -0.3 is 5.11 Å². The van der Waals surface area contributed by atoms with Crippen LogP contribution >= 0.6 is 0 Å². The van der Waals surface area contributed by atoms with Crippen LogP contribution in [0.3, 0.4) is 0 Å². The summed E-state index contributed by atoms with van der Waals surface area (Å²) in [6.07, 6.45) is 7.09. The third-order valence-corrected chi connectivity index (χ3v) is 3.80. The Morgan fingerprint density at radius 1 is 1.19 bits per heavy atom. The fourth-order valence-electron chi connectivity index (χ4n) is 2.67. The van der Waals surface area contributed by atoms with Gasteiger partial charge in [0.1, 0.15) is 0 Å². The monoisotopic (exact) mass is 218 g/mol. The summed E-state index contributed by atoms with van der Waals surface area (Å²) in [6.45, 7) is 2.16. The molecule has 0 aromatic heterocycles.